The third-order valence-electron chi connectivity index (χ3n) is 4.47. The largest absolute Gasteiger partial charge is 0.495 e. The summed E-state index contributed by atoms with van der Waals surface area (Å²) in [6, 6.07) is 9.32. The Morgan fingerprint density at radius 1 is 1.26 bits per heavy atom. The lowest BCUT2D eigenvalue weighted by Gasteiger charge is -2.20. The third kappa shape index (κ3) is 3.74. The quantitative estimate of drug-likeness (QED) is 0.644. The molecule has 8 nitrogen and oxygen atoms in total. The van der Waals surface area contributed by atoms with Crippen LogP contribution in [0.3, 0.4) is 0 Å². The summed E-state index contributed by atoms with van der Waals surface area (Å²) in [5.41, 5.74) is 1.62. The van der Waals surface area contributed by atoms with Gasteiger partial charge in [-0.2, -0.15) is 0 Å². The van der Waals surface area contributed by atoms with E-state index in [0.29, 0.717) is 35.7 Å². The molecule has 2 aromatic carbocycles. The monoisotopic (exact) mass is 369 g/mol. The summed E-state index contributed by atoms with van der Waals surface area (Å²) in [4.78, 5) is 36.7. The van der Waals surface area contributed by atoms with Gasteiger partial charge in [0.1, 0.15) is 5.75 Å². The first-order chi connectivity index (χ1) is 12.9. The van der Waals surface area contributed by atoms with Crippen LogP contribution in [0.25, 0.3) is 0 Å². The zero-order valence-electron chi connectivity index (χ0n) is 15.0. The van der Waals surface area contributed by atoms with Crippen molar-refractivity contribution >= 4 is 28.9 Å². The SMILES string of the molecule is COc1ccc(NC(=O)c2ccc(C)c([N+](=O)[O-])c2)cc1N1CCCC1=O. The Labute approximate surface area is 155 Å². The molecule has 2 aromatic rings. The highest BCUT2D eigenvalue weighted by Crippen LogP contribution is 2.34. The van der Waals surface area contributed by atoms with Crippen molar-refractivity contribution in [1.29, 1.82) is 0 Å². The number of benzene rings is 2. The van der Waals surface area contributed by atoms with E-state index in [0.717, 1.165) is 6.42 Å². The van der Waals surface area contributed by atoms with E-state index in [4.69, 9.17) is 4.74 Å². The fourth-order valence-electron chi connectivity index (χ4n) is 3.03. The van der Waals surface area contributed by atoms with Gasteiger partial charge in [-0.25, -0.2) is 0 Å². The van der Waals surface area contributed by atoms with Gasteiger partial charge in [0, 0.05) is 35.8 Å². The van der Waals surface area contributed by atoms with Gasteiger partial charge < -0.3 is 15.0 Å². The maximum Gasteiger partial charge on any atom is 0.273 e. The van der Waals surface area contributed by atoms with Crippen LogP contribution >= 0.6 is 0 Å². The number of rotatable bonds is 5. The molecule has 0 aromatic heterocycles. The smallest absolute Gasteiger partial charge is 0.273 e. The molecule has 0 unspecified atom stereocenters. The molecule has 140 valence electrons. The molecule has 0 aliphatic carbocycles. The first-order valence-electron chi connectivity index (χ1n) is 8.45. The number of nitrogens with one attached hydrogen (secondary N) is 1. The number of anilines is 2. The Morgan fingerprint density at radius 3 is 2.67 bits per heavy atom. The van der Waals surface area contributed by atoms with Crippen molar-refractivity contribution in [2.24, 2.45) is 0 Å². The van der Waals surface area contributed by atoms with Gasteiger partial charge in [0.15, 0.2) is 0 Å². The first kappa shape index (κ1) is 18.4. The second-order valence-electron chi connectivity index (χ2n) is 6.25. The number of nitro groups is 1. The molecule has 1 fully saturated rings. The number of aryl methyl sites for hydroxylation is 1. The van der Waals surface area contributed by atoms with Crippen molar-refractivity contribution in [3.05, 3.63) is 57.6 Å². The Balaban J connectivity index is 1.87. The highest BCUT2D eigenvalue weighted by molar-refractivity contribution is 6.05. The maximum absolute atomic E-state index is 12.5. The molecule has 0 bridgehead atoms. The molecule has 0 spiro atoms. The normalized spacial score (nSPS) is 13.6. The van der Waals surface area contributed by atoms with E-state index in [2.05, 4.69) is 5.32 Å². The predicted molar refractivity (Wildman–Crippen MR) is 100 cm³/mol. The second kappa shape index (κ2) is 7.45. The number of carbonyl (C=O) groups is 2. The van der Waals surface area contributed by atoms with Gasteiger partial charge in [-0.05, 0) is 37.6 Å². The number of amides is 2. The Kier molecular flexibility index (Phi) is 5.07. The summed E-state index contributed by atoms with van der Waals surface area (Å²) < 4.78 is 5.32. The van der Waals surface area contributed by atoms with Gasteiger partial charge in [-0.3, -0.25) is 19.7 Å². The Bertz CT molecular complexity index is 926. The van der Waals surface area contributed by atoms with E-state index in [1.807, 2.05) is 0 Å². The molecule has 3 rings (SSSR count). The van der Waals surface area contributed by atoms with Crippen LogP contribution in [0.1, 0.15) is 28.8 Å². The molecule has 1 saturated heterocycles. The average Bonchev–Trinajstić information content (AvgIpc) is 3.07. The van der Waals surface area contributed by atoms with E-state index in [-0.39, 0.29) is 17.2 Å². The summed E-state index contributed by atoms with van der Waals surface area (Å²) in [6.07, 6.45) is 1.25. The number of ether oxygens (including phenoxy) is 1. The van der Waals surface area contributed by atoms with Crippen molar-refractivity contribution < 1.29 is 19.2 Å². The van der Waals surface area contributed by atoms with E-state index < -0.39 is 10.8 Å². The van der Waals surface area contributed by atoms with Crippen molar-refractivity contribution in [3.8, 4) is 5.75 Å². The number of methoxy groups -OCH3 is 1. The number of nitro benzene ring substituents is 1. The minimum absolute atomic E-state index is 0.00550. The van der Waals surface area contributed by atoms with Crippen molar-refractivity contribution in [2.75, 3.05) is 23.9 Å². The average molecular weight is 369 g/mol. The minimum atomic E-state index is -0.517. The standard InChI is InChI=1S/C19H19N3O5/c1-12-5-6-13(10-15(12)22(25)26)19(24)20-14-7-8-17(27-2)16(11-14)21-9-3-4-18(21)23/h5-8,10-11H,3-4,9H2,1-2H3,(H,20,24). The van der Waals surface area contributed by atoms with Gasteiger partial charge in [-0.15, -0.1) is 0 Å². The molecule has 1 N–H and O–H groups in total. The summed E-state index contributed by atoms with van der Waals surface area (Å²) >= 11 is 0. The van der Waals surface area contributed by atoms with Crippen LogP contribution in [0, 0.1) is 17.0 Å². The molecular formula is C19H19N3O5. The number of hydrogen-bond acceptors (Lipinski definition) is 5. The van der Waals surface area contributed by atoms with Crippen LogP contribution < -0.4 is 15.0 Å². The summed E-state index contributed by atoms with van der Waals surface area (Å²) in [7, 11) is 1.52. The lowest BCUT2D eigenvalue weighted by molar-refractivity contribution is -0.385. The van der Waals surface area contributed by atoms with Crippen molar-refractivity contribution in [1.82, 2.24) is 0 Å². The highest BCUT2D eigenvalue weighted by atomic mass is 16.6. The van der Waals surface area contributed by atoms with Crippen molar-refractivity contribution in [2.45, 2.75) is 19.8 Å². The lowest BCUT2D eigenvalue weighted by Crippen LogP contribution is -2.24. The molecule has 2 amide bonds. The van der Waals surface area contributed by atoms with Gasteiger partial charge >= 0.3 is 0 Å². The predicted octanol–water partition coefficient (Wildman–Crippen LogP) is 3.29. The molecule has 27 heavy (non-hydrogen) atoms. The van der Waals surface area contributed by atoms with E-state index in [1.165, 1.54) is 25.3 Å². The molecule has 1 aliphatic heterocycles. The van der Waals surface area contributed by atoms with Crippen LogP contribution in [-0.2, 0) is 4.79 Å². The van der Waals surface area contributed by atoms with Crippen LogP contribution in [0.5, 0.6) is 5.75 Å². The van der Waals surface area contributed by atoms with Crippen LogP contribution in [-0.4, -0.2) is 30.4 Å². The molecule has 1 aliphatic rings. The zero-order valence-corrected chi connectivity index (χ0v) is 15.0. The number of nitrogens with zero attached hydrogens (tertiary/aromatic N) is 2. The van der Waals surface area contributed by atoms with Gasteiger partial charge in [-0.1, -0.05) is 6.07 Å². The van der Waals surface area contributed by atoms with E-state index >= 15 is 0 Å². The molecule has 8 heteroatoms. The molecule has 0 radical (unpaired) electrons. The Hall–Kier alpha value is -3.42. The molecular weight excluding hydrogens is 350 g/mol. The summed E-state index contributed by atoms with van der Waals surface area (Å²) in [6.45, 7) is 2.21. The van der Waals surface area contributed by atoms with E-state index in [9.17, 15) is 19.7 Å². The fourth-order valence-corrected chi connectivity index (χ4v) is 3.03. The second-order valence-corrected chi connectivity index (χ2v) is 6.25. The number of carbonyl (C=O) groups excluding carboxylic acids is 2. The maximum atomic E-state index is 12.5. The Morgan fingerprint density at radius 2 is 2.04 bits per heavy atom. The molecule has 0 saturated carbocycles. The fraction of sp³-hybridized carbons (Fsp3) is 0.263. The first-order valence-corrected chi connectivity index (χ1v) is 8.45. The van der Waals surface area contributed by atoms with E-state index in [1.54, 1.807) is 30.0 Å². The van der Waals surface area contributed by atoms with Crippen LogP contribution in [0.4, 0.5) is 17.1 Å². The van der Waals surface area contributed by atoms with Crippen LogP contribution in [0.15, 0.2) is 36.4 Å². The topological polar surface area (TPSA) is 102 Å². The van der Waals surface area contributed by atoms with Gasteiger partial charge in [0.05, 0.1) is 17.7 Å². The highest BCUT2D eigenvalue weighted by Gasteiger charge is 2.25. The van der Waals surface area contributed by atoms with Crippen LogP contribution in [0.2, 0.25) is 0 Å². The molecule has 0 atom stereocenters. The summed E-state index contributed by atoms with van der Waals surface area (Å²) in [5.74, 6) is 0.0714. The third-order valence-corrected chi connectivity index (χ3v) is 4.47. The lowest BCUT2D eigenvalue weighted by atomic mass is 10.1. The molecule has 1 heterocycles. The van der Waals surface area contributed by atoms with Crippen molar-refractivity contribution in [3.63, 3.8) is 0 Å². The summed E-state index contributed by atoms with van der Waals surface area (Å²) in [5, 5.41) is 13.8. The number of hydrogen-bond donors (Lipinski definition) is 1. The zero-order chi connectivity index (χ0) is 19.6. The minimum Gasteiger partial charge on any atom is -0.495 e. The van der Waals surface area contributed by atoms with Gasteiger partial charge in [0.25, 0.3) is 11.6 Å². The van der Waals surface area contributed by atoms with Gasteiger partial charge in [0.2, 0.25) is 5.91 Å².